The van der Waals surface area contributed by atoms with Gasteiger partial charge in [0.2, 0.25) is 11.8 Å². The summed E-state index contributed by atoms with van der Waals surface area (Å²) in [5.41, 5.74) is 6.27. The zero-order valence-electron chi connectivity index (χ0n) is 10.6. The number of nitrogens with two attached hydrogens (primary N) is 1. The van der Waals surface area contributed by atoms with Crippen LogP contribution in [-0.2, 0) is 9.59 Å². The summed E-state index contributed by atoms with van der Waals surface area (Å²) in [4.78, 5) is 28.8. The van der Waals surface area contributed by atoms with E-state index in [9.17, 15) is 9.59 Å². The van der Waals surface area contributed by atoms with Gasteiger partial charge in [0.15, 0.2) is 0 Å². The molecule has 0 saturated heterocycles. The Kier molecular flexibility index (Phi) is 5.10. The van der Waals surface area contributed by atoms with Crippen LogP contribution in [0.5, 0.6) is 0 Å². The third-order valence-electron chi connectivity index (χ3n) is 2.24. The van der Waals surface area contributed by atoms with E-state index in [0.717, 1.165) is 6.42 Å². The van der Waals surface area contributed by atoms with Crippen molar-refractivity contribution in [2.75, 3.05) is 13.2 Å². The van der Waals surface area contributed by atoms with Crippen LogP contribution < -0.4 is 11.1 Å². The van der Waals surface area contributed by atoms with Crippen molar-refractivity contribution in [3.63, 3.8) is 0 Å². The second-order valence-electron chi connectivity index (χ2n) is 4.10. The summed E-state index contributed by atoms with van der Waals surface area (Å²) in [5, 5.41) is 2.56. The molecule has 98 valence electrons. The number of aliphatic imine (C=N–C) groups is 1. The van der Waals surface area contributed by atoms with Gasteiger partial charge >= 0.3 is 0 Å². The van der Waals surface area contributed by atoms with Crippen molar-refractivity contribution in [3.8, 4) is 0 Å². The molecule has 0 fully saturated rings. The number of hydrogen-bond acceptors (Lipinski definition) is 4. The lowest BCUT2D eigenvalue weighted by Gasteiger charge is -2.21. The van der Waals surface area contributed by atoms with E-state index in [2.05, 4.69) is 10.3 Å². The highest BCUT2D eigenvalue weighted by Crippen LogP contribution is 2.00. The van der Waals surface area contributed by atoms with E-state index in [4.69, 9.17) is 5.73 Å². The second-order valence-corrected chi connectivity index (χ2v) is 4.10. The molecule has 0 aromatic heterocycles. The van der Waals surface area contributed by atoms with Gasteiger partial charge in [0.05, 0.1) is 0 Å². The molecule has 18 heavy (non-hydrogen) atoms. The minimum Gasteiger partial charge on any atom is -0.402 e. The van der Waals surface area contributed by atoms with Crippen LogP contribution in [0.1, 0.15) is 20.3 Å². The van der Waals surface area contributed by atoms with Gasteiger partial charge in [-0.3, -0.25) is 14.6 Å². The molecule has 0 aromatic rings. The van der Waals surface area contributed by atoms with Gasteiger partial charge < -0.3 is 16.0 Å². The number of carbonyl (C=O) groups excluding carboxylic acids is 2. The standard InChI is InChI=1S/C12H18N4O2/c1-9(13)6-11(17)15-10(2)7-12(18)16-5-3-4-14-8-16/h4,6-7H,3,5,8,13H2,1-2H3,(H,15,17)/b9-6-,10-7-. The van der Waals surface area contributed by atoms with E-state index in [1.165, 1.54) is 12.2 Å². The molecule has 0 bridgehead atoms. The van der Waals surface area contributed by atoms with Crippen molar-refractivity contribution >= 4 is 18.0 Å². The van der Waals surface area contributed by atoms with Crippen LogP contribution >= 0.6 is 0 Å². The van der Waals surface area contributed by atoms with E-state index in [1.807, 2.05) is 0 Å². The molecule has 1 rings (SSSR count). The quantitative estimate of drug-likeness (QED) is 0.698. The molecule has 6 nitrogen and oxygen atoms in total. The summed E-state index contributed by atoms with van der Waals surface area (Å²) < 4.78 is 0. The maximum Gasteiger partial charge on any atom is 0.249 e. The zero-order valence-corrected chi connectivity index (χ0v) is 10.6. The molecule has 0 unspecified atom stereocenters. The molecule has 1 heterocycles. The molecule has 0 saturated carbocycles. The fraction of sp³-hybridized carbons (Fsp3) is 0.417. The Morgan fingerprint density at radius 1 is 1.39 bits per heavy atom. The summed E-state index contributed by atoms with van der Waals surface area (Å²) in [7, 11) is 0. The molecule has 1 aliphatic rings. The minimum absolute atomic E-state index is 0.155. The minimum atomic E-state index is -0.340. The van der Waals surface area contributed by atoms with Gasteiger partial charge in [-0.2, -0.15) is 0 Å². The molecule has 0 atom stereocenters. The van der Waals surface area contributed by atoms with Gasteiger partial charge in [-0.15, -0.1) is 0 Å². The molecule has 2 amide bonds. The Hall–Kier alpha value is -2.11. The largest absolute Gasteiger partial charge is 0.402 e. The van der Waals surface area contributed by atoms with Crippen LogP contribution in [0.15, 0.2) is 28.5 Å². The smallest absolute Gasteiger partial charge is 0.249 e. The highest BCUT2D eigenvalue weighted by Gasteiger charge is 2.12. The highest BCUT2D eigenvalue weighted by atomic mass is 16.2. The highest BCUT2D eigenvalue weighted by molar-refractivity contribution is 5.92. The van der Waals surface area contributed by atoms with Crippen molar-refractivity contribution < 1.29 is 9.59 Å². The first-order valence-electron chi connectivity index (χ1n) is 5.69. The fourth-order valence-electron chi connectivity index (χ4n) is 1.46. The number of rotatable bonds is 3. The predicted molar refractivity (Wildman–Crippen MR) is 69.5 cm³/mol. The van der Waals surface area contributed by atoms with Crippen molar-refractivity contribution in [1.82, 2.24) is 10.2 Å². The van der Waals surface area contributed by atoms with Crippen LogP contribution in [0.2, 0.25) is 0 Å². The fourth-order valence-corrected chi connectivity index (χ4v) is 1.46. The Bertz CT molecular complexity index is 420. The van der Waals surface area contributed by atoms with Crippen molar-refractivity contribution in [2.45, 2.75) is 20.3 Å². The van der Waals surface area contributed by atoms with Gasteiger partial charge in [-0.25, -0.2) is 0 Å². The molecule has 1 aliphatic heterocycles. The summed E-state index contributed by atoms with van der Waals surface area (Å²) >= 11 is 0. The molecule has 0 aliphatic carbocycles. The van der Waals surface area contributed by atoms with Crippen LogP contribution in [0.3, 0.4) is 0 Å². The molecule has 0 spiro atoms. The van der Waals surface area contributed by atoms with Gasteiger partial charge in [-0.05, 0) is 13.8 Å². The third kappa shape index (κ3) is 4.82. The van der Waals surface area contributed by atoms with E-state index >= 15 is 0 Å². The summed E-state index contributed by atoms with van der Waals surface area (Å²) in [6, 6.07) is 0. The Labute approximate surface area is 106 Å². The van der Waals surface area contributed by atoms with E-state index in [-0.39, 0.29) is 11.8 Å². The van der Waals surface area contributed by atoms with Gasteiger partial charge in [0.1, 0.15) is 6.67 Å². The maximum absolute atomic E-state index is 11.8. The first-order valence-corrected chi connectivity index (χ1v) is 5.69. The van der Waals surface area contributed by atoms with Crippen LogP contribution in [-0.4, -0.2) is 36.1 Å². The number of amides is 2. The molecular weight excluding hydrogens is 232 g/mol. The molecule has 6 heteroatoms. The van der Waals surface area contributed by atoms with E-state index in [0.29, 0.717) is 24.6 Å². The van der Waals surface area contributed by atoms with Gasteiger partial charge in [0.25, 0.3) is 0 Å². The molecular formula is C12H18N4O2. The summed E-state index contributed by atoms with van der Waals surface area (Å²) in [6.07, 6.45) is 5.22. The predicted octanol–water partition coefficient (Wildman–Crippen LogP) is 0.130. The van der Waals surface area contributed by atoms with Crippen LogP contribution in [0.25, 0.3) is 0 Å². The lowest BCUT2D eigenvalue weighted by molar-refractivity contribution is -0.126. The van der Waals surface area contributed by atoms with Crippen molar-refractivity contribution in [3.05, 3.63) is 23.5 Å². The SMILES string of the molecule is C/C(N)=C/C(=O)N/C(C)=C\C(=O)N1CCC=NC1. The maximum atomic E-state index is 11.8. The number of carbonyl (C=O) groups is 2. The Morgan fingerprint density at radius 2 is 2.11 bits per heavy atom. The molecule has 0 radical (unpaired) electrons. The van der Waals surface area contributed by atoms with Crippen molar-refractivity contribution in [2.24, 2.45) is 10.7 Å². The Morgan fingerprint density at radius 3 is 2.67 bits per heavy atom. The number of nitrogens with zero attached hydrogens (tertiary/aromatic N) is 2. The van der Waals surface area contributed by atoms with E-state index in [1.54, 1.807) is 25.0 Å². The normalized spacial score (nSPS) is 16.7. The second kappa shape index (κ2) is 6.58. The van der Waals surface area contributed by atoms with Crippen LogP contribution in [0, 0.1) is 0 Å². The first-order chi connectivity index (χ1) is 8.49. The van der Waals surface area contributed by atoms with E-state index < -0.39 is 0 Å². The third-order valence-corrected chi connectivity index (χ3v) is 2.24. The molecule has 3 N–H and O–H groups in total. The topological polar surface area (TPSA) is 87.8 Å². The van der Waals surface area contributed by atoms with Crippen molar-refractivity contribution in [1.29, 1.82) is 0 Å². The Balaban J connectivity index is 2.54. The first kappa shape index (κ1) is 14.0. The van der Waals surface area contributed by atoms with Gasteiger partial charge in [-0.1, -0.05) is 0 Å². The number of hydrogen-bond donors (Lipinski definition) is 2. The zero-order chi connectivity index (χ0) is 13.5. The average Bonchev–Trinajstić information content (AvgIpc) is 2.28. The number of allylic oxidation sites excluding steroid dienone is 2. The molecule has 0 aromatic carbocycles. The average molecular weight is 250 g/mol. The van der Waals surface area contributed by atoms with Gasteiger partial charge in [0, 0.05) is 42.7 Å². The summed E-state index contributed by atoms with van der Waals surface area (Å²) in [6.45, 7) is 4.30. The number of nitrogens with one attached hydrogen (secondary N) is 1. The lowest BCUT2D eigenvalue weighted by Crippen LogP contribution is -2.34. The summed E-state index contributed by atoms with van der Waals surface area (Å²) in [5.74, 6) is -0.494. The lowest BCUT2D eigenvalue weighted by atomic mass is 10.3. The monoisotopic (exact) mass is 250 g/mol. The van der Waals surface area contributed by atoms with Crippen LogP contribution in [0.4, 0.5) is 0 Å².